The van der Waals surface area contributed by atoms with E-state index in [1.54, 1.807) is 19.1 Å². The van der Waals surface area contributed by atoms with E-state index in [1.165, 1.54) is 25.6 Å². The zero-order valence-corrected chi connectivity index (χ0v) is 18.6. The van der Waals surface area contributed by atoms with Crippen molar-refractivity contribution in [3.05, 3.63) is 52.0 Å². The number of methoxy groups -OCH3 is 2. The van der Waals surface area contributed by atoms with Crippen molar-refractivity contribution >= 4 is 33.4 Å². The smallest absolute Gasteiger partial charge is 0.338 e. The maximum atomic E-state index is 12.9. The van der Waals surface area contributed by atoms with Crippen LogP contribution in [0.4, 0.5) is 0 Å². The molecular weight excluding hydrogens is 420 g/mol. The van der Waals surface area contributed by atoms with E-state index in [0.29, 0.717) is 52.7 Å². The van der Waals surface area contributed by atoms with E-state index in [4.69, 9.17) is 19.6 Å². The molecule has 164 valence electrons. The van der Waals surface area contributed by atoms with Gasteiger partial charge in [-0.2, -0.15) is 4.99 Å². The van der Waals surface area contributed by atoms with E-state index in [-0.39, 0.29) is 5.76 Å². The van der Waals surface area contributed by atoms with E-state index < -0.39 is 11.9 Å². The summed E-state index contributed by atoms with van der Waals surface area (Å²) in [6, 6.07) is 3.29. The van der Waals surface area contributed by atoms with E-state index >= 15 is 0 Å². The number of hydrogen-bond acceptors (Lipinski definition) is 8. The summed E-state index contributed by atoms with van der Waals surface area (Å²) in [6.07, 6.45) is 4.24. The number of allylic oxidation sites excluding steroid dienone is 1. The van der Waals surface area contributed by atoms with Gasteiger partial charge in [0.15, 0.2) is 10.7 Å². The minimum Gasteiger partial charge on any atom is -0.494 e. The first kappa shape index (κ1) is 22.4. The molecule has 0 aliphatic heterocycles. The number of carbonyl (C=O) groups is 2. The molecule has 1 amide bonds. The molecule has 0 atom stereocenters. The third-order valence-corrected chi connectivity index (χ3v) is 5.53. The number of nitrogens with zero attached hydrogens (tertiary/aromatic N) is 3. The minimum absolute atomic E-state index is 0.128. The number of hydrogen-bond donors (Lipinski definition) is 1. The van der Waals surface area contributed by atoms with Gasteiger partial charge in [-0.25, -0.2) is 9.78 Å². The Kier molecular flexibility index (Phi) is 7.03. The predicted molar refractivity (Wildman–Crippen MR) is 116 cm³/mol. The van der Waals surface area contributed by atoms with E-state index in [0.717, 1.165) is 4.70 Å². The lowest BCUT2D eigenvalue weighted by atomic mass is 10.2. The Morgan fingerprint density at radius 1 is 1.32 bits per heavy atom. The van der Waals surface area contributed by atoms with Crippen molar-refractivity contribution in [3.8, 4) is 5.75 Å². The van der Waals surface area contributed by atoms with Crippen LogP contribution in [-0.2, 0) is 17.7 Å². The molecule has 3 rings (SSSR count). The molecule has 0 aliphatic carbocycles. The number of esters is 1. The Morgan fingerprint density at radius 3 is 2.74 bits per heavy atom. The van der Waals surface area contributed by atoms with E-state index in [2.05, 4.69) is 9.98 Å². The Hall–Kier alpha value is -3.24. The van der Waals surface area contributed by atoms with Gasteiger partial charge in [0.05, 0.1) is 30.2 Å². The highest BCUT2D eigenvalue weighted by Crippen LogP contribution is 2.30. The van der Waals surface area contributed by atoms with Gasteiger partial charge in [-0.15, -0.1) is 0 Å². The maximum absolute atomic E-state index is 12.9. The van der Waals surface area contributed by atoms with Gasteiger partial charge in [-0.1, -0.05) is 30.4 Å². The Balaban J connectivity index is 2.24. The van der Waals surface area contributed by atoms with Crippen molar-refractivity contribution in [3.63, 3.8) is 0 Å². The monoisotopic (exact) mass is 444 g/mol. The molecule has 1 aromatic carbocycles. The zero-order valence-electron chi connectivity index (χ0n) is 17.8. The van der Waals surface area contributed by atoms with Crippen molar-refractivity contribution in [2.45, 2.75) is 26.8 Å². The third kappa shape index (κ3) is 4.59. The molecule has 3 aromatic rings. The summed E-state index contributed by atoms with van der Waals surface area (Å²) in [7, 11) is 2.83. The number of benzene rings is 1. The van der Waals surface area contributed by atoms with E-state index in [9.17, 15) is 9.59 Å². The van der Waals surface area contributed by atoms with Crippen LogP contribution in [0.5, 0.6) is 5.75 Å². The standard InChI is InChI=1S/C21H24N4O5S/c1-5-14-18(30-12(2)23-14)19(26)24-21-25(9-7-6-8-22)17-15(28-3)10-13(20(27)29-4)11-16(17)31-21/h6-7,10-11H,5,8-9,22H2,1-4H3/b7-6+,24-21?. The molecule has 10 heteroatoms. The first-order chi connectivity index (χ1) is 14.9. The van der Waals surface area contributed by atoms with Crippen molar-refractivity contribution in [1.29, 1.82) is 0 Å². The molecule has 0 aliphatic rings. The molecule has 2 aromatic heterocycles. The van der Waals surface area contributed by atoms with Crippen LogP contribution in [0, 0.1) is 6.92 Å². The van der Waals surface area contributed by atoms with Crippen LogP contribution in [-0.4, -0.2) is 42.2 Å². The number of nitrogens with two attached hydrogens (primary N) is 1. The molecule has 2 heterocycles. The van der Waals surface area contributed by atoms with Crippen molar-refractivity contribution in [2.75, 3.05) is 20.8 Å². The number of ether oxygens (including phenoxy) is 2. The maximum Gasteiger partial charge on any atom is 0.338 e. The van der Waals surface area contributed by atoms with Gasteiger partial charge in [0, 0.05) is 20.0 Å². The highest BCUT2D eigenvalue weighted by atomic mass is 32.1. The van der Waals surface area contributed by atoms with Gasteiger partial charge in [0.2, 0.25) is 5.76 Å². The van der Waals surface area contributed by atoms with Crippen LogP contribution in [0.15, 0.2) is 33.7 Å². The largest absolute Gasteiger partial charge is 0.494 e. The molecule has 0 saturated carbocycles. The molecule has 0 unspecified atom stereocenters. The molecule has 0 radical (unpaired) electrons. The second-order valence-corrected chi connectivity index (χ2v) is 7.51. The van der Waals surface area contributed by atoms with Gasteiger partial charge in [0.1, 0.15) is 11.3 Å². The normalized spacial score (nSPS) is 12.1. The first-order valence-electron chi connectivity index (χ1n) is 9.63. The molecule has 0 fully saturated rings. The molecule has 2 N–H and O–H groups in total. The molecule has 0 saturated heterocycles. The van der Waals surface area contributed by atoms with Crippen molar-refractivity contribution in [1.82, 2.24) is 9.55 Å². The number of oxazole rings is 1. The SMILES string of the molecule is CCc1nc(C)oc1C(=O)N=c1sc2cc(C(=O)OC)cc(OC)c2n1C/C=C/CN. The number of amides is 1. The summed E-state index contributed by atoms with van der Waals surface area (Å²) in [5.41, 5.74) is 7.18. The number of fused-ring (bicyclic) bond motifs is 1. The minimum atomic E-state index is -0.521. The summed E-state index contributed by atoms with van der Waals surface area (Å²) < 4.78 is 18.4. The van der Waals surface area contributed by atoms with Gasteiger partial charge >= 0.3 is 11.9 Å². The second-order valence-electron chi connectivity index (χ2n) is 6.50. The number of aromatic nitrogens is 2. The lowest BCUT2D eigenvalue weighted by Gasteiger charge is -2.08. The average Bonchev–Trinajstić information content (AvgIpc) is 3.32. The molecule has 0 bridgehead atoms. The van der Waals surface area contributed by atoms with Gasteiger partial charge in [0.25, 0.3) is 0 Å². The van der Waals surface area contributed by atoms with Crippen LogP contribution in [0.1, 0.15) is 39.4 Å². The number of aryl methyl sites for hydroxylation is 2. The Bertz CT molecular complexity index is 1220. The topological polar surface area (TPSA) is 122 Å². The lowest BCUT2D eigenvalue weighted by molar-refractivity contribution is 0.0600. The fraction of sp³-hybridized carbons (Fsp3) is 0.333. The van der Waals surface area contributed by atoms with Gasteiger partial charge in [-0.3, -0.25) is 4.79 Å². The quantitative estimate of drug-likeness (QED) is 0.439. The van der Waals surface area contributed by atoms with Crippen molar-refractivity contribution in [2.24, 2.45) is 10.7 Å². The number of carbonyl (C=O) groups excluding carboxylic acids is 2. The van der Waals surface area contributed by atoms with Crippen LogP contribution in [0.3, 0.4) is 0 Å². The second kappa shape index (κ2) is 9.71. The summed E-state index contributed by atoms with van der Waals surface area (Å²) in [4.78, 5) is 33.9. The molecule has 0 spiro atoms. The van der Waals surface area contributed by atoms with Crippen LogP contribution >= 0.6 is 11.3 Å². The highest BCUT2D eigenvalue weighted by molar-refractivity contribution is 7.16. The fourth-order valence-electron chi connectivity index (χ4n) is 3.11. The molecule has 31 heavy (non-hydrogen) atoms. The third-order valence-electron chi connectivity index (χ3n) is 4.50. The Labute approximate surface area is 182 Å². The fourth-order valence-corrected chi connectivity index (χ4v) is 4.20. The average molecular weight is 445 g/mol. The molecule has 9 nitrogen and oxygen atoms in total. The Morgan fingerprint density at radius 2 is 2.10 bits per heavy atom. The first-order valence-corrected chi connectivity index (χ1v) is 10.4. The summed E-state index contributed by atoms with van der Waals surface area (Å²) >= 11 is 1.26. The van der Waals surface area contributed by atoms with Gasteiger partial charge in [-0.05, 0) is 18.6 Å². The molecular formula is C21H24N4O5S. The van der Waals surface area contributed by atoms with Crippen LogP contribution in [0.2, 0.25) is 0 Å². The predicted octanol–water partition coefficient (Wildman–Crippen LogP) is 2.61. The summed E-state index contributed by atoms with van der Waals surface area (Å²) in [6.45, 7) is 4.37. The number of rotatable bonds is 7. The van der Waals surface area contributed by atoms with Crippen molar-refractivity contribution < 1.29 is 23.5 Å². The number of thiazole rings is 1. The summed E-state index contributed by atoms with van der Waals surface area (Å²) in [5.74, 6) is 0.00254. The highest BCUT2D eigenvalue weighted by Gasteiger charge is 2.20. The summed E-state index contributed by atoms with van der Waals surface area (Å²) in [5, 5.41) is 0. The van der Waals surface area contributed by atoms with E-state index in [1.807, 2.05) is 23.6 Å². The van der Waals surface area contributed by atoms with Crippen LogP contribution in [0.25, 0.3) is 10.2 Å². The zero-order chi connectivity index (χ0) is 22.5. The van der Waals surface area contributed by atoms with Crippen LogP contribution < -0.4 is 15.3 Å². The lowest BCUT2D eigenvalue weighted by Crippen LogP contribution is -2.17. The van der Waals surface area contributed by atoms with Gasteiger partial charge < -0.3 is 24.2 Å².